The molecule has 1 N–H and O–H groups in total. The fraction of sp³-hybridized carbons (Fsp3) is 0.577. The van der Waals surface area contributed by atoms with Gasteiger partial charge in [0, 0.05) is 24.2 Å². The normalized spacial score (nSPS) is 12.3. The topological polar surface area (TPSA) is 91.7 Å². The smallest absolute Gasteiger partial charge is 0.251 e. The lowest BCUT2D eigenvalue weighted by Crippen LogP contribution is -2.27. The number of aromatic nitrogens is 2. The summed E-state index contributed by atoms with van der Waals surface area (Å²) >= 11 is 0. The number of hydrogen-bond donors (Lipinski definition) is 1. The van der Waals surface area contributed by atoms with Gasteiger partial charge in [-0.3, -0.25) is 14.3 Å². The van der Waals surface area contributed by atoms with Gasteiger partial charge in [0.15, 0.2) is 5.78 Å². The minimum atomic E-state index is -0.131. The first-order valence-electron chi connectivity index (χ1n) is 12.0. The number of ether oxygens (including phenoxy) is 3. The largest absolute Gasteiger partial charge is 0.377 e. The number of nitrogens with one attached hydrogen (secondary N) is 1. The van der Waals surface area contributed by atoms with E-state index >= 15 is 0 Å². The molecule has 1 atom stereocenters. The Morgan fingerprint density at radius 3 is 2.09 bits per heavy atom. The highest BCUT2D eigenvalue weighted by Crippen LogP contribution is 2.20. The molecule has 0 radical (unpaired) electrons. The maximum atomic E-state index is 12.4. The summed E-state index contributed by atoms with van der Waals surface area (Å²) < 4.78 is 18.1. The molecule has 0 spiro atoms. The number of carbonyl (C=O) groups is 2. The van der Waals surface area contributed by atoms with Crippen molar-refractivity contribution in [3.8, 4) is 0 Å². The first kappa shape index (κ1) is 27.7. The molecule has 0 bridgehead atoms. The predicted octanol–water partition coefficient (Wildman–Crippen LogP) is 3.62. The van der Waals surface area contributed by atoms with E-state index < -0.39 is 0 Å². The Balaban J connectivity index is 1.58. The van der Waals surface area contributed by atoms with Gasteiger partial charge >= 0.3 is 0 Å². The highest BCUT2D eigenvalue weighted by molar-refractivity contribution is 5.94. The number of hydrogen-bond acceptors (Lipinski definition) is 6. The summed E-state index contributed by atoms with van der Waals surface area (Å²) in [7, 11) is 0. The zero-order valence-corrected chi connectivity index (χ0v) is 21.1. The summed E-state index contributed by atoms with van der Waals surface area (Å²) in [4.78, 5) is 23.8. The summed E-state index contributed by atoms with van der Waals surface area (Å²) in [6.45, 7) is 12.7. The summed E-state index contributed by atoms with van der Waals surface area (Å²) in [6, 6.07) is 7.69. The second kappa shape index (κ2) is 14.7. The molecule has 0 saturated carbocycles. The van der Waals surface area contributed by atoms with Gasteiger partial charge < -0.3 is 19.5 Å². The van der Waals surface area contributed by atoms with Crippen molar-refractivity contribution in [2.45, 2.75) is 46.6 Å². The van der Waals surface area contributed by atoms with E-state index in [4.69, 9.17) is 14.2 Å². The fourth-order valence-corrected chi connectivity index (χ4v) is 3.05. The summed E-state index contributed by atoms with van der Waals surface area (Å²) in [5.74, 6) is 0.387. The lowest BCUT2D eigenvalue weighted by Gasteiger charge is -2.13. The van der Waals surface area contributed by atoms with E-state index in [1.54, 1.807) is 0 Å². The Hall–Kier alpha value is -2.55. The molecular weight excluding hydrogens is 434 g/mol. The number of rotatable bonds is 16. The first-order chi connectivity index (χ1) is 16.3. The number of nitrogens with zero attached hydrogens (tertiary/aromatic N) is 2. The number of amides is 1. The van der Waals surface area contributed by atoms with Crippen molar-refractivity contribution in [1.82, 2.24) is 15.1 Å². The van der Waals surface area contributed by atoms with Crippen LogP contribution >= 0.6 is 0 Å². The van der Waals surface area contributed by atoms with Gasteiger partial charge in [0.2, 0.25) is 0 Å². The highest BCUT2D eigenvalue weighted by atomic mass is 16.5. The molecule has 8 nitrogen and oxygen atoms in total. The lowest BCUT2D eigenvalue weighted by molar-refractivity contribution is -0.127. The third kappa shape index (κ3) is 9.37. The van der Waals surface area contributed by atoms with Gasteiger partial charge in [-0.1, -0.05) is 39.8 Å². The van der Waals surface area contributed by atoms with Crippen molar-refractivity contribution < 1.29 is 23.8 Å². The molecule has 0 aliphatic rings. The average molecular weight is 474 g/mol. The van der Waals surface area contributed by atoms with Gasteiger partial charge in [-0.15, -0.1) is 0 Å². The molecule has 8 heteroatoms. The van der Waals surface area contributed by atoms with E-state index in [0.717, 1.165) is 5.56 Å². The van der Waals surface area contributed by atoms with Gasteiger partial charge in [0.25, 0.3) is 5.91 Å². The lowest BCUT2D eigenvalue weighted by atomic mass is 10.1. The summed E-state index contributed by atoms with van der Waals surface area (Å²) in [5.41, 5.74) is 2.91. The predicted molar refractivity (Wildman–Crippen MR) is 131 cm³/mol. The van der Waals surface area contributed by atoms with Crippen LogP contribution in [0, 0.1) is 5.92 Å². The van der Waals surface area contributed by atoms with Crippen LogP contribution in [0.25, 0.3) is 0 Å². The third-order valence-electron chi connectivity index (χ3n) is 5.50. The Morgan fingerprint density at radius 1 is 0.882 bits per heavy atom. The molecular formula is C26H39N3O5. The van der Waals surface area contributed by atoms with Gasteiger partial charge in [0.05, 0.1) is 45.3 Å². The molecule has 1 unspecified atom stereocenters. The van der Waals surface area contributed by atoms with Crippen molar-refractivity contribution in [1.29, 1.82) is 0 Å². The van der Waals surface area contributed by atoms with Crippen molar-refractivity contribution in [2.75, 3.05) is 46.2 Å². The van der Waals surface area contributed by atoms with Crippen LogP contribution in [-0.2, 0) is 19.0 Å². The van der Waals surface area contributed by atoms with Crippen LogP contribution in [-0.4, -0.2) is 67.7 Å². The second-order valence-corrected chi connectivity index (χ2v) is 8.86. The molecule has 0 aliphatic heterocycles. The number of benzene rings is 1. The molecule has 1 amide bonds. The zero-order valence-electron chi connectivity index (χ0n) is 21.1. The summed E-state index contributed by atoms with van der Waals surface area (Å²) in [5, 5.41) is 7.33. The molecule has 0 fully saturated rings. The van der Waals surface area contributed by atoms with E-state index in [0.29, 0.717) is 51.1 Å². The highest BCUT2D eigenvalue weighted by Gasteiger charge is 2.12. The van der Waals surface area contributed by atoms with Crippen molar-refractivity contribution in [3.05, 3.63) is 53.3 Å². The Kier molecular flexibility index (Phi) is 11.9. The standard InChI is InChI=1S/C26H39N3O5/c1-19(2)24-16-28-29(17-24)21(5)22-6-8-23(9-7-22)26(31)27-10-11-32-12-13-33-14-15-34-18-25(30)20(3)4/h6-9,16-17,19-21H,10-15,18H2,1-5H3,(H,27,31). The maximum Gasteiger partial charge on any atom is 0.251 e. The van der Waals surface area contributed by atoms with Gasteiger partial charge in [-0.2, -0.15) is 5.10 Å². The molecule has 1 aromatic heterocycles. The number of ketones is 1. The molecule has 188 valence electrons. The summed E-state index contributed by atoms with van der Waals surface area (Å²) in [6.07, 6.45) is 3.98. The van der Waals surface area contributed by atoms with Crippen molar-refractivity contribution >= 4 is 11.7 Å². The Bertz CT molecular complexity index is 877. The van der Waals surface area contributed by atoms with Gasteiger partial charge in [-0.05, 0) is 36.1 Å². The quantitative estimate of drug-likeness (QED) is 0.375. The first-order valence-corrected chi connectivity index (χ1v) is 12.0. The third-order valence-corrected chi connectivity index (χ3v) is 5.50. The van der Waals surface area contributed by atoms with Crippen LogP contribution in [0.15, 0.2) is 36.7 Å². The average Bonchev–Trinajstić information content (AvgIpc) is 3.32. The van der Waals surface area contributed by atoms with Crippen LogP contribution in [0.2, 0.25) is 0 Å². The maximum absolute atomic E-state index is 12.4. The monoisotopic (exact) mass is 473 g/mol. The molecule has 34 heavy (non-hydrogen) atoms. The van der Waals surface area contributed by atoms with Gasteiger partial charge in [-0.25, -0.2) is 0 Å². The van der Waals surface area contributed by atoms with E-state index in [9.17, 15) is 9.59 Å². The molecule has 2 aromatic rings. The molecule has 1 heterocycles. The molecule has 1 aromatic carbocycles. The SMILES string of the molecule is CC(C)C(=O)COCCOCCOCCNC(=O)c1ccc(C(C)n2cc(C(C)C)cn2)cc1. The van der Waals surface area contributed by atoms with Crippen LogP contribution in [0.5, 0.6) is 0 Å². The van der Waals surface area contributed by atoms with Crippen LogP contribution in [0.4, 0.5) is 0 Å². The minimum absolute atomic E-state index is 0.0104. The number of carbonyl (C=O) groups excluding carboxylic acids is 2. The minimum Gasteiger partial charge on any atom is -0.377 e. The zero-order chi connectivity index (χ0) is 24.9. The number of Topliss-reactive ketones (excluding diaryl/α,β-unsaturated/α-hetero) is 1. The van der Waals surface area contributed by atoms with E-state index in [1.165, 1.54) is 5.56 Å². The van der Waals surface area contributed by atoms with Crippen LogP contribution in [0.3, 0.4) is 0 Å². The van der Waals surface area contributed by atoms with Crippen LogP contribution < -0.4 is 5.32 Å². The van der Waals surface area contributed by atoms with Crippen molar-refractivity contribution in [3.63, 3.8) is 0 Å². The fourth-order valence-electron chi connectivity index (χ4n) is 3.05. The van der Waals surface area contributed by atoms with Gasteiger partial charge in [0.1, 0.15) is 6.61 Å². The van der Waals surface area contributed by atoms with E-state index in [-0.39, 0.29) is 30.3 Å². The van der Waals surface area contributed by atoms with E-state index in [1.807, 2.05) is 49.0 Å². The Labute approximate surface area is 203 Å². The Morgan fingerprint density at radius 2 is 1.50 bits per heavy atom. The molecule has 2 rings (SSSR count). The molecule has 0 saturated heterocycles. The van der Waals surface area contributed by atoms with Crippen molar-refractivity contribution in [2.24, 2.45) is 5.92 Å². The second-order valence-electron chi connectivity index (χ2n) is 8.86. The molecule has 0 aliphatic carbocycles. The van der Waals surface area contributed by atoms with Crippen LogP contribution in [0.1, 0.15) is 68.1 Å². The van der Waals surface area contributed by atoms with E-state index in [2.05, 4.69) is 37.4 Å².